The number of aliphatic carboxylic acids is 1. The summed E-state index contributed by atoms with van der Waals surface area (Å²) in [5.41, 5.74) is 7.10. The molecular formula is C13H13BrN4O3. The van der Waals surface area contributed by atoms with E-state index < -0.39 is 17.9 Å². The van der Waals surface area contributed by atoms with E-state index in [2.05, 4.69) is 31.2 Å². The average molecular weight is 353 g/mol. The number of carboxylic acid groups (broad SMARTS) is 1. The predicted molar refractivity (Wildman–Crippen MR) is 79.7 cm³/mol. The molecule has 2 aromatic rings. The number of benzene rings is 1. The minimum Gasteiger partial charge on any atom is -0.480 e. The number of carboxylic acids is 1. The highest BCUT2D eigenvalue weighted by Gasteiger charge is 2.22. The van der Waals surface area contributed by atoms with Crippen LogP contribution in [0, 0.1) is 0 Å². The van der Waals surface area contributed by atoms with Crippen molar-refractivity contribution in [3.8, 4) is 0 Å². The zero-order valence-electron chi connectivity index (χ0n) is 10.8. The smallest absolute Gasteiger partial charge is 0.326 e. The fourth-order valence-corrected chi connectivity index (χ4v) is 2.11. The Morgan fingerprint density at radius 1 is 1.48 bits per heavy atom. The quantitative estimate of drug-likeness (QED) is 0.602. The van der Waals surface area contributed by atoms with Crippen LogP contribution >= 0.6 is 15.9 Å². The first-order chi connectivity index (χ1) is 9.97. The molecule has 2 rings (SSSR count). The van der Waals surface area contributed by atoms with Crippen LogP contribution in [0.2, 0.25) is 0 Å². The van der Waals surface area contributed by atoms with Gasteiger partial charge in [0.15, 0.2) is 0 Å². The number of anilines is 1. The molecule has 0 aliphatic rings. The molecule has 1 aromatic heterocycles. The monoisotopic (exact) mass is 352 g/mol. The van der Waals surface area contributed by atoms with Gasteiger partial charge in [-0.05, 0) is 34.1 Å². The molecule has 5 N–H and O–H groups in total. The summed E-state index contributed by atoms with van der Waals surface area (Å²) < 4.78 is 0.579. The summed E-state index contributed by atoms with van der Waals surface area (Å²) in [4.78, 5) is 29.9. The van der Waals surface area contributed by atoms with Crippen LogP contribution < -0.4 is 11.1 Å². The van der Waals surface area contributed by atoms with Crippen LogP contribution in [0.5, 0.6) is 0 Å². The van der Waals surface area contributed by atoms with Gasteiger partial charge in [0.1, 0.15) is 6.04 Å². The maximum absolute atomic E-state index is 12.1. The first-order valence-corrected chi connectivity index (χ1v) is 6.82. The van der Waals surface area contributed by atoms with E-state index in [0.717, 1.165) is 0 Å². The highest BCUT2D eigenvalue weighted by molar-refractivity contribution is 9.10. The number of halogens is 1. The number of hydrogen-bond acceptors (Lipinski definition) is 4. The highest BCUT2D eigenvalue weighted by atomic mass is 79.9. The predicted octanol–water partition coefficient (Wildman–Crippen LogP) is 1.18. The van der Waals surface area contributed by atoms with Crippen LogP contribution in [0.25, 0.3) is 0 Å². The first kappa shape index (κ1) is 15.0. The van der Waals surface area contributed by atoms with Crippen LogP contribution in [0.1, 0.15) is 16.1 Å². The maximum Gasteiger partial charge on any atom is 0.326 e. The normalized spacial score (nSPS) is 11.9. The summed E-state index contributed by atoms with van der Waals surface area (Å²) >= 11 is 3.22. The van der Waals surface area contributed by atoms with Crippen molar-refractivity contribution in [3.05, 3.63) is 46.5 Å². The third-order valence-corrected chi connectivity index (χ3v) is 3.53. The van der Waals surface area contributed by atoms with Crippen molar-refractivity contribution in [2.45, 2.75) is 12.5 Å². The fourth-order valence-electron chi connectivity index (χ4n) is 1.73. The summed E-state index contributed by atoms with van der Waals surface area (Å²) in [6.45, 7) is 0. The molecule has 1 aromatic carbocycles. The molecule has 0 aliphatic carbocycles. The molecule has 0 spiro atoms. The third kappa shape index (κ3) is 3.82. The van der Waals surface area contributed by atoms with E-state index in [0.29, 0.717) is 21.4 Å². The van der Waals surface area contributed by atoms with E-state index in [1.54, 1.807) is 12.1 Å². The third-order valence-electron chi connectivity index (χ3n) is 2.84. The lowest BCUT2D eigenvalue weighted by atomic mass is 10.1. The van der Waals surface area contributed by atoms with E-state index in [-0.39, 0.29) is 6.42 Å². The number of aromatic nitrogens is 2. The number of nitrogens with two attached hydrogens (primary N) is 1. The Morgan fingerprint density at radius 3 is 2.81 bits per heavy atom. The Labute approximate surface area is 128 Å². The summed E-state index contributed by atoms with van der Waals surface area (Å²) in [6.07, 6.45) is 3.09. The van der Waals surface area contributed by atoms with Crippen molar-refractivity contribution >= 4 is 33.5 Å². The Kier molecular flexibility index (Phi) is 4.59. The van der Waals surface area contributed by atoms with Crippen molar-refractivity contribution in [2.24, 2.45) is 0 Å². The lowest BCUT2D eigenvalue weighted by molar-refractivity contribution is -0.139. The van der Waals surface area contributed by atoms with Gasteiger partial charge in [0.25, 0.3) is 5.91 Å². The zero-order chi connectivity index (χ0) is 15.4. The molecule has 7 nitrogen and oxygen atoms in total. The Balaban J connectivity index is 2.10. The van der Waals surface area contributed by atoms with Gasteiger partial charge < -0.3 is 21.1 Å². The molecular weight excluding hydrogens is 340 g/mol. The Morgan fingerprint density at radius 2 is 2.24 bits per heavy atom. The van der Waals surface area contributed by atoms with E-state index in [4.69, 9.17) is 5.73 Å². The van der Waals surface area contributed by atoms with E-state index >= 15 is 0 Å². The molecule has 8 heteroatoms. The molecule has 0 saturated carbocycles. The number of carbonyl (C=O) groups excluding carboxylic acids is 1. The van der Waals surface area contributed by atoms with Gasteiger partial charge in [0, 0.05) is 34.0 Å². The van der Waals surface area contributed by atoms with Gasteiger partial charge >= 0.3 is 5.97 Å². The van der Waals surface area contributed by atoms with Crippen LogP contribution in [0.4, 0.5) is 5.69 Å². The molecule has 0 fully saturated rings. The lowest BCUT2D eigenvalue weighted by Gasteiger charge is -2.14. The first-order valence-electron chi connectivity index (χ1n) is 6.03. The number of amides is 1. The molecule has 21 heavy (non-hydrogen) atoms. The number of aromatic amines is 1. The van der Waals surface area contributed by atoms with Gasteiger partial charge in [-0.2, -0.15) is 0 Å². The number of nitrogen functional groups attached to an aromatic ring is 1. The van der Waals surface area contributed by atoms with Gasteiger partial charge in [0.2, 0.25) is 0 Å². The van der Waals surface area contributed by atoms with Crippen molar-refractivity contribution < 1.29 is 14.7 Å². The molecule has 0 aliphatic heterocycles. The fraction of sp³-hybridized carbons (Fsp3) is 0.154. The molecule has 0 saturated heterocycles. The molecule has 0 bridgehead atoms. The largest absolute Gasteiger partial charge is 0.480 e. The highest BCUT2D eigenvalue weighted by Crippen LogP contribution is 2.20. The summed E-state index contributed by atoms with van der Waals surface area (Å²) in [5.74, 6) is -1.60. The SMILES string of the molecule is Nc1ccc(C(=O)NC(Cc2cnc[nH]2)C(=O)O)cc1Br. The molecule has 1 amide bonds. The van der Waals surface area contributed by atoms with E-state index in [1.807, 2.05) is 0 Å². The van der Waals surface area contributed by atoms with Gasteiger partial charge in [-0.25, -0.2) is 9.78 Å². The van der Waals surface area contributed by atoms with Crippen LogP contribution in [0.15, 0.2) is 35.2 Å². The maximum atomic E-state index is 12.1. The van der Waals surface area contributed by atoms with Crippen molar-refractivity contribution in [2.75, 3.05) is 5.73 Å². The second-order valence-corrected chi connectivity index (χ2v) is 5.24. The lowest BCUT2D eigenvalue weighted by Crippen LogP contribution is -2.42. The van der Waals surface area contributed by atoms with E-state index in [9.17, 15) is 14.7 Å². The molecule has 1 heterocycles. The minimum absolute atomic E-state index is 0.122. The number of H-pyrrole nitrogens is 1. The number of nitrogens with one attached hydrogen (secondary N) is 2. The molecule has 0 radical (unpaired) electrons. The van der Waals surface area contributed by atoms with Gasteiger partial charge in [0.05, 0.1) is 6.33 Å². The summed E-state index contributed by atoms with van der Waals surface area (Å²) in [7, 11) is 0. The number of nitrogens with zero attached hydrogens (tertiary/aromatic N) is 1. The number of carbonyl (C=O) groups is 2. The van der Waals surface area contributed by atoms with Crippen molar-refractivity contribution in [1.29, 1.82) is 0 Å². The number of rotatable bonds is 5. The van der Waals surface area contributed by atoms with Crippen LogP contribution in [0.3, 0.4) is 0 Å². The second-order valence-electron chi connectivity index (χ2n) is 4.38. The van der Waals surface area contributed by atoms with Crippen LogP contribution in [-0.2, 0) is 11.2 Å². The average Bonchev–Trinajstić information content (AvgIpc) is 2.93. The Bertz CT molecular complexity index is 657. The Hall–Kier alpha value is -2.35. The second kappa shape index (κ2) is 6.40. The van der Waals surface area contributed by atoms with Crippen molar-refractivity contribution in [1.82, 2.24) is 15.3 Å². The van der Waals surface area contributed by atoms with Crippen molar-refractivity contribution in [3.63, 3.8) is 0 Å². The number of imidazole rings is 1. The van der Waals surface area contributed by atoms with E-state index in [1.165, 1.54) is 18.6 Å². The van der Waals surface area contributed by atoms with Crippen LogP contribution in [-0.4, -0.2) is 33.0 Å². The summed E-state index contributed by atoms with van der Waals surface area (Å²) in [6, 6.07) is 3.60. The molecule has 1 unspecified atom stereocenters. The van der Waals surface area contributed by atoms with Gasteiger partial charge in [-0.3, -0.25) is 4.79 Å². The number of hydrogen-bond donors (Lipinski definition) is 4. The topological polar surface area (TPSA) is 121 Å². The molecule has 110 valence electrons. The minimum atomic E-state index is -1.12. The van der Waals surface area contributed by atoms with Gasteiger partial charge in [-0.1, -0.05) is 0 Å². The standard InChI is InChI=1S/C13H13BrN4O3/c14-9-3-7(1-2-10(9)15)12(19)18-11(13(20)21)4-8-5-16-6-17-8/h1-3,5-6,11H,4,15H2,(H,16,17)(H,18,19)(H,20,21). The zero-order valence-corrected chi connectivity index (χ0v) is 12.4. The molecule has 1 atom stereocenters. The summed E-state index contributed by atoms with van der Waals surface area (Å²) in [5, 5.41) is 11.7. The van der Waals surface area contributed by atoms with Gasteiger partial charge in [-0.15, -0.1) is 0 Å².